The molecule has 2 rings (SSSR count). The van der Waals surface area contributed by atoms with Crippen molar-refractivity contribution in [2.75, 3.05) is 0 Å². The summed E-state index contributed by atoms with van der Waals surface area (Å²) in [6.45, 7) is 0. The van der Waals surface area contributed by atoms with Crippen molar-refractivity contribution in [1.82, 2.24) is 9.97 Å². The topological polar surface area (TPSA) is 35.0 Å². The predicted molar refractivity (Wildman–Crippen MR) is 68.1 cm³/mol. The number of aromatic nitrogens is 2. The van der Waals surface area contributed by atoms with Crippen molar-refractivity contribution in [3.63, 3.8) is 0 Å². The highest BCUT2D eigenvalue weighted by Crippen LogP contribution is 2.30. The summed E-state index contributed by atoms with van der Waals surface area (Å²) in [6.07, 6.45) is 3.04. The van der Waals surface area contributed by atoms with Crippen LogP contribution in [0, 0.1) is 0 Å². The number of nitrogens with zero attached hydrogens (tertiary/aromatic N) is 2. The number of alkyl halides is 1. The fraction of sp³-hybridized carbons (Fsp3) is 0.0909. The van der Waals surface area contributed by atoms with Crippen molar-refractivity contribution in [3.05, 3.63) is 46.3 Å². The van der Waals surface area contributed by atoms with E-state index in [4.69, 9.17) is 39.5 Å². The Morgan fingerprint density at radius 3 is 2.53 bits per heavy atom. The summed E-state index contributed by atoms with van der Waals surface area (Å²) in [4.78, 5) is 8.10. The largest absolute Gasteiger partial charge is 0.436 e. The van der Waals surface area contributed by atoms with Gasteiger partial charge in [0.1, 0.15) is 5.75 Å². The van der Waals surface area contributed by atoms with E-state index < -0.39 is 0 Å². The number of hydrogen-bond acceptors (Lipinski definition) is 3. The van der Waals surface area contributed by atoms with Gasteiger partial charge in [0.15, 0.2) is 0 Å². The molecule has 0 unspecified atom stereocenters. The first-order chi connectivity index (χ1) is 8.19. The summed E-state index contributed by atoms with van der Waals surface area (Å²) in [5.41, 5.74) is 0.682. The molecule has 0 N–H and O–H groups in total. The van der Waals surface area contributed by atoms with Crippen LogP contribution in [0.2, 0.25) is 10.0 Å². The number of benzene rings is 1. The van der Waals surface area contributed by atoms with Gasteiger partial charge >= 0.3 is 0 Å². The third kappa shape index (κ3) is 3.22. The van der Waals surface area contributed by atoms with Crippen LogP contribution in [-0.2, 0) is 5.88 Å². The molecule has 0 radical (unpaired) electrons. The minimum absolute atomic E-state index is 0.314. The van der Waals surface area contributed by atoms with E-state index >= 15 is 0 Å². The Bertz CT molecular complexity index is 517. The summed E-state index contributed by atoms with van der Waals surface area (Å²) in [6, 6.07) is 4.95. The van der Waals surface area contributed by atoms with Gasteiger partial charge in [-0.1, -0.05) is 23.2 Å². The number of halogens is 3. The van der Waals surface area contributed by atoms with Crippen LogP contribution in [0.4, 0.5) is 0 Å². The molecule has 0 saturated carbocycles. The number of ether oxygens (including phenoxy) is 1. The quantitative estimate of drug-likeness (QED) is 0.790. The maximum Gasteiger partial charge on any atom is 0.237 e. The van der Waals surface area contributed by atoms with Crippen LogP contribution in [0.15, 0.2) is 30.6 Å². The molecule has 88 valence electrons. The van der Waals surface area contributed by atoms with Crippen LogP contribution in [0.5, 0.6) is 11.6 Å². The molecule has 0 aliphatic rings. The van der Waals surface area contributed by atoms with Crippen LogP contribution < -0.4 is 4.74 Å². The maximum absolute atomic E-state index is 5.96. The molecule has 17 heavy (non-hydrogen) atoms. The van der Waals surface area contributed by atoms with Gasteiger partial charge in [0.2, 0.25) is 5.88 Å². The van der Waals surface area contributed by atoms with Crippen molar-refractivity contribution >= 4 is 34.8 Å². The fourth-order valence-corrected chi connectivity index (χ4v) is 1.72. The van der Waals surface area contributed by atoms with Gasteiger partial charge in [0.05, 0.1) is 29.0 Å². The molecule has 0 aliphatic carbocycles. The number of hydrogen-bond donors (Lipinski definition) is 0. The summed E-state index contributed by atoms with van der Waals surface area (Å²) >= 11 is 17.3. The normalized spacial score (nSPS) is 10.3. The summed E-state index contributed by atoms with van der Waals surface area (Å²) < 4.78 is 5.46. The molecule has 0 amide bonds. The summed E-state index contributed by atoms with van der Waals surface area (Å²) in [5, 5.41) is 0.964. The molecule has 1 aromatic carbocycles. The summed E-state index contributed by atoms with van der Waals surface area (Å²) in [7, 11) is 0. The average molecular weight is 290 g/mol. The molecular weight excluding hydrogens is 282 g/mol. The van der Waals surface area contributed by atoms with E-state index in [2.05, 4.69) is 9.97 Å². The van der Waals surface area contributed by atoms with Crippen LogP contribution in [0.25, 0.3) is 0 Å². The van der Waals surface area contributed by atoms with E-state index in [1.54, 1.807) is 24.4 Å². The standard InChI is InChI=1S/C11H7Cl3N2O/c12-4-8-5-16-11(6-15-8)17-10-2-1-7(13)3-9(10)14/h1-3,5-6H,4H2. The second kappa shape index (κ2) is 5.54. The molecule has 1 heterocycles. The lowest BCUT2D eigenvalue weighted by molar-refractivity contribution is 0.460. The molecule has 0 saturated heterocycles. The van der Waals surface area contributed by atoms with Gasteiger partial charge in [-0.3, -0.25) is 4.98 Å². The molecular formula is C11H7Cl3N2O. The van der Waals surface area contributed by atoms with E-state index in [0.717, 1.165) is 0 Å². The van der Waals surface area contributed by atoms with Crippen molar-refractivity contribution in [2.24, 2.45) is 0 Å². The van der Waals surface area contributed by atoms with Crippen LogP contribution in [0.1, 0.15) is 5.69 Å². The van der Waals surface area contributed by atoms with Gasteiger partial charge < -0.3 is 4.74 Å². The smallest absolute Gasteiger partial charge is 0.237 e. The Hall–Kier alpha value is -1.03. The Labute approximate surface area is 113 Å². The second-order valence-corrected chi connectivity index (χ2v) is 4.27. The predicted octanol–water partition coefficient (Wildman–Crippen LogP) is 4.31. The van der Waals surface area contributed by atoms with Gasteiger partial charge in [0, 0.05) is 5.02 Å². The van der Waals surface area contributed by atoms with E-state index in [9.17, 15) is 0 Å². The van der Waals surface area contributed by atoms with E-state index in [-0.39, 0.29) is 0 Å². The Morgan fingerprint density at radius 2 is 1.94 bits per heavy atom. The first-order valence-corrected chi connectivity index (χ1v) is 5.98. The zero-order valence-corrected chi connectivity index (χ0v) is 10.8. The lowest BCUT2D eigenvalue weighted by Crippen LogP contribution is -1.92. The van der Waals surface area contributed by atoms with E-state index in [1.807, 2.05) is 0 Å². The first-order valence-electron chi connectivity index (χ1n) is 4.69. The monoisotopic (exact) mass is 288 g/mol. The molecule has 0 bridgehead atoms. The Morgan fingerprint density at radius 1 is 1.12 bits per heavy atom. The molecule has 6 heteroatoms. The highest BCUT2D eigenvalue weighted by molar-refractivity contribution is 6.35. The first kappa shape index (κ1) is 12.4. The molecule has 1 aromatic heterocycles. The number of rotatable bonds is 3. The van der Waals surface area contributed by atoms with Crippen molar-refractivity contribution in [1.29, 1.82) is 0 Å². The van der Waals surface area contributed by atoms with Gasteiger partial charge in [-0.05, 0) is 18.2 Å². The molecule has 3 nitrogen and oxygen atoms in total. The van der Waals surface area contributed by atoms with Gasteiger partial charge in [0.25, 0.3) is 0 Å². The van der Waals surface area contributed by atoms with Gasteiger partial charge in [-0.25, -0.2) is 4.98 Å². The lowest BCUT2D eigenvalue weighted by atomic mass is 10.3. The molecule has 2 aromatic rings. The SMILES string of the molecule is ClCc1cnc(Oc2ccc(Cl)cc2Cl)cn1. The average Bonchev–Trinajstić information content (AvgIpc) is 2.34. The van der Waals surface area contributed by atoms with Crippen molar-refractivity contribution in [2.45, 2.75) is 5.88 Å². The molecule has 0 atom stereocenters. The van der Waals surface area contributed by atoms with Gasteiger partial charge in [-0.15, -0.1) is 11.6 Å². The molecule has 0 aliphatic heterocycles. The van der Waals surface area contributed by atoms with Crippen LogP contribution in [-0.4, -0.2) is 9.97 Å². The minimum Gasteiger partial charge on any atom is -0.436 e. The minimum atomic E-state index is 0.314. The second-order valence-electron chi connectivity index (χ2n) is 3.16. The summed E-state index contributed by atoms with van der Waals surface area (Å²) in [5.74, 6) is 1.14. The highest BCUT2D eigenvalue weighted by Gasteiger charge is 2.05. The van der Waals surface area contributed by atoms with Crippen molar-refractivity contribution in [3.8, 4) is 11.6 Å². The third-order valence-electron chi connectivity index (χ3n) is 1.93. The lowest BCUT2D eigenvalue weighted by Gasteiger charge is -2.06. The zero-order chi connectivity index (χ0) is 12.3. The van der Waals surface area contributed by atoms with Crippen molar-refractivity contribution < 1.29 is 4.74 Å². The molecule has 0 spiro atoms. The van der Waals surface area contributed by atoms with E-state index in [0.29, 0.717) is 33.2 Å². The molecule has 0 fully saturated rings. The third-order valence-corrected chi connectivity index (χ3v) is 2.73. The van der Waals surface area contributed by atoms with E-state index in [1.165, 1.54) is 6.20 Å². The highest BCUT2D eigenvalue weighted by atomic mass is 35.5. The zero-order valence-electron chi connectivity index (χ0n) is 8.53. The maximum atomic E-state index is 5.96. The van der Waals surface area contributed by atoms with Crippen LogP contribution in [0.3, 0.4) is 0 Å². The van der Waals surface area contributed by atoms with Crippen LogP contribution >= 0.6 is 34.8 Å². The fourth-order valence-electron chi connectivity index (χ4n) is 1.14. The van der Waals surface area contributed by atoms with Gasteiger partial charge in [-0.2, -0.15) is 0 Å². The Balaban J connectivity index is 2.19. The Kier molecular flexibility index (Phi) is 4.05.